The normalized spacial score (nSPS) is 10.5. The largest absolute Gasteiger partial charge is 0.462 e. The summed E-state index contributed by atoms with van der Waals surface area (Å²) in [5.41, 5.74) is 2.16. The molecule has 1 amide bonds. The zero-order valence-electron chi connectivity index (χ0n) is 15.7. The fourth-order valence-electron chi connectivity index (χ4n) is 2.50. The van der Waals surface area contributed by atoms with Crippen LogP contribution in [0.5, 0.6) is 0 Å². The third-order valence-corrected chi connectivity index (χ3v) is 5.13. The average molecular weight is 397 g/mol. The van der Waals surface area contributed by atoms with E-state index < -0.39 is 11.9 Å². The molecule has 0 radical (unpaired) electrons. The van der Waals surface area contributed by atoms with Gasteiger partial charge in [0.25, 0.3) is 11.5 Å². The molecule has 0 saturated heterocycles. The molecule has 3 aromatic rings. The van der Waals surface area contributed by atoms with Crippen LogP contribution in [0.2, 0.25) is 0 Å². The number of hydrogen-bond donors (Lipinski definition) is 1. The van der Waals surface area contributed by atoms with Gasteiger partial charge in [-0.3, -0.25) is 9.59 Å². The number of nitrogens with one attached hydrogen (secondary N) is 1. The van der Waals surface area contributed by atoms with Gasteiger partial charge in [-0.15, -0.1) is 11.3 Å². The topological polar surface area (TPSA) is 90.3 Å². The number of nitrogens with zero attached hydrogens (tertiary/aromatic N) is 2. The summed E-state index contributed by atoms with van der Waals surface area (Å²) in [4.78, 5) is 37.5. The van der Waals surface area contributed by atoms with Crippen LogP contribution < -0.4 is 10.9 Å². The van der Waals surface area contributed by atoms with Crippen LogP contribution in [-0.2, 0) is 11.8 Å². The highest BCUT2D eigenvalue weighted by Crippen LogP contribution is 2.35. The van der Waals surface area contributed by atoms with E-state index in [-0.39, 0.29) is 17.9 Å². The standard InChI is InChI=1S/C20H19N3O4S/c1-4-27-20(26)18-15(11-16(28-18)13-7-5-12(2)6-8-13)21-19(25)14-9-10-17(24)23(3)22-14/h5-11H,4H2,1-3H3,(H,21,25). The number of ether oxygens (including phenoxy) is 1. The molecule has 0 unspecified atom stereocenters. The van der Waals surface area contributed by atoms with Crippen LogP contribution in [0.1, 0.15) is 32.6 Å². The number of hydrogen-bond acceptors (Lipinski definition) is 6. The van der Waals surface area contributed by atoms with E-state index in [1.54, 1.807) is 13.0 Å². The summed E-state index contributed by atoms with van der Waals surface area (Å²) >= 11 is 1.24. The number of carbonyl (C=O) groups excluding carboxylic acids is 2. The zero-order valence-corrected chi connectivity index (χ0v) is 16.5. The van der Waals surface area contributed by atoms with Gasteiger partial charge in [0.2, 0.25) is 0 Å². The number of rotatable bonds is 5. The summed E-state index contributed by atoms with van der Waals surface area (Å²) in [6.07, 6.45) is 0. The Kier molecular flexibility index (Phi) is 5.70. The summed E-state index contributed by atoms with van der Waals surface area (Å²) in [7, 11) is 1.46. The van der Waals surface area contributed by atoms with E-state index >= 15 is 0 Å². The molecule has 7 nitrogen and oxygen atoms in total. The second-order valence-corrected chi connectivity index (χ2v) is 7.13. The van der Waals surface area contributed by atoms with Crippen molar-refractivity contribution >= 4 is 28.9 Å². The lowest BCUT2D eigenvalue weighted by molar-refractivity contribution is 0.0533. The van der Waals surface area contributed by atoms with Crippen LogP contribution in [0.3, 0.4) is 0 Å². The van der Waals surface area contributed by atoms with Crippen molar-refractivity contribution in [3.05, 3.63) is 69.0 Å². The Morgan fingerprint density at radius 1 is 1.18 bits per heavy atom. The number of benzene rings is 1. The van der Waals surface area contributed by atoms with Crippen LogP contribution >= 0.6 is 11.3 Å². The Bertz CT molecular complexity index is 1080. The number of thiophene rings is 1. The molecule has 3 rings (SSSR count). The van der Waals surface area contributed by atoms with E-state index in [1.165, 1.54) is 30.5 Å². The molecule has 0 aliphatic carbocycles. The van der Waals surface area contributed by atoms with Gasteiger partial charge in [-0.2, -0.15) is 5.10 Å². The van der Waals surface area contributed by atoms with Crippen LogP contribution in [0.25, 0.3) is 10.4 Å². The average Bonchev–Trinajstić information content (AvgIpc) is 3.08. The molecule has 2 aromatic heterocycles. The number of amides is 1. The molecule has 0 aliphatic rings. The Morgan fingerprint density at radius 3 is 2.54 bits per heavy atom. The van der Waals surface area contributed by atoms with Crippen molar-refractivity contribution in [1.82, 2.24) is 9.78 Å². The maximum Gasteiger partial charge on any atom is 0.350 e. The van der Waals surface area contributed by atoms with Crippen molar-refractivity contribution in [3.8, 4) is 10.4 Å². The van der Waals surface area contributed by atoms with Crippen molar-refractivity contribution in [2.45, 2.75) is 13.8 Å². The molecule has 28 heavy (non-hydrogen) atoms. The first-order valence-electron chi connectivity index (χ1n) is 8.62. The first-order valence-corrected chi connectivity index (χ1v) is 9.44. The third-order valence-electron chi connectivity index (χ3n) is 3.97. The van der Waals surface area contributed by atoms with Gasteiger partial charge in [0.1, 0.15) is 10.6 Å². The summed E-state index contributed by atoms with van der Waals surface area (Å²) in [6, 6.07) is 12.2. The van der Waals surface area contributed by atoms with E-state index in [1.807, 2.05) is 31.2 Å². The highest BCUT2D eigenvalue weighted by Gasteiger charge is 2.21. The molecule has 0 bridgehead atoms. The molecule has 0 fully saturated rings. The van der Waals surface area contributed by atoms with Gasteiger partial charge in [-0.05, 0) is 31.5 Å². The summed E-state index contributed by atoms with van der Waals surface area (Å²) < 4.78 is 6.19. The fraction of sp³-hybridized carbons (Fsp3) is 0.200. The Morgan fingerprint density at radius 2 is 1.89 bits per heavy atom. The van der Waals surface area contributed by atoms with Gasteiger partial charge in [0.05, 0.1) is 12.3 Å². The third kappa shape index (κ3) is 4.17. The second kappa shape index (κ2) is 8.18. The minimum atomic E-state index is -0.519. The first kappa shape index (κ1) is 19.5. The van der Waals surface area contributed by atoms with Crippen LogP contribution in [-0.4, -0.2) is 28.3 Å². The maximum atomic E-state index is 12.6. The van der Waals surface area contributed by atoms with Gasteiger partial charge in [0, 0.05) is 18.0 Å². The quantitative estimate of drug-likeness (QED) is 0.668. The van der Waals surface area contributed by atoms with E-state index in [2.05, 4.69) is 10.4 Å². The monoisotopic (exact) mass is 397 g/mol. The smallest absolute Gasteiger partial charge is 0.350 e. The Labute approximate surface area is 165 Å². The molecule has 1 N–H and O–H groups in total. The minimum absolute atomic E-state index is 0.0694. The van der Waals surface area contributed by atoms with Gasteiger partial charge in [-0.25, -0.2) is 9.48 Å². The summed E-state index contributed by atoms with van der Waals surface area (Å²) in [5, 5.41) is 6.64. The van der Waals surface area contributed by atoms with Crippen LogP contribution in [0, 0.1) is 6.92 Å². The zero-order chi connectivity index (χ0) is 20.3. The highest BCUT2D eigenvalue weighted by molar-refractivity contribution is 7.18. The minimum Gasteiger partial charge on any atom is -0.462 e. The molecular formula is C20H19N3O4S. The maximum absolute atomic E-state index is 12.6. The number of aryl methyl sites for hydroxylation is 2. The van der Waals surface area contributed by atoms with E-state index in [4.69, 9.17) is 4.74 Å². The predicted octanol–water partition coefficient (Wildman–Crippen LogP) is 3.25. The highest BCUT2D eigenvalue weighted by atomic mass is 32.1. The number of aromatic nitrogens is 2. The van der Waals surface area contributed by atoms with E-state index in [9.17, 15) is 14.4 Å². The number of esters is 1. The molecule has 8 heteroatoms. The summed E-state index contributed by atoms with van der Waals surface area (Å²) in [5.74, 6) is -1.02. The molecule has 1 aromatic carbocycles. The van der Waals surface area contributed by atoms with Gasteiger partial charge >= 0.3 is 5.97 Å². The molecule has 0 aliphatic heterocycles. The van der Waals surface area contributed by atoms with E-state index in [0.29, 0.717) is 10.6 Å². The Hall–Kier alpha value is -3.26. The number of carbonyl (C=O) groups is 2. The SMILES string of the molecule is CCOC(=O)c1sc(-c2ccc(C)cc2)cc1NC(=O)c1ccc(=O)n(C)n1. The first-order chi connectivity index (χ1) is 13.4. The Balaban J connectivity index is 1.96. The van der Waals surface area contributed by atoms with Gasteiger partial charge in [0.15, 0.2) is 0 Å². The molecule has 0 saturated carbocycles. The fourth-order valence-corrected chi connectivity index (χ4v) is 3.51. The van der Waals surface area contributed by atoms with Gasteiger partial charge < -0.3 is 10.1 Å². The molecule has 0 atom stereocenters. The lowest BCUT2D eigenvalue weighted by atomic mass is 10.1. The van der Waals surface area contributed by atoms with Crippen molar-refractivity contribution in [3.63, 3.8) is 0 Å². The van der Waals surface area contributed by atoms with E-state index in [0.717, 1.165) is 20.7 Å². The second-order valence-electron chi connectivity index (χ2n) is 6.07. The van der Waals surface area contributed by atoms with Crippen LogP contribution in [0.15, 0.2) is 47.3 Å². The predicted molar refractivity (Wildman–Crippen MR) is 108 cm³/mol. The molecular weight excluding hydrogens is 378 g/mol. The van der Waals surface area contributed by atoms with Crippen molar-refractivity contribution in [2.24, 2.45) is 7.05 Å². The van der Waals surface area contributed by atoms with Crippen molar-refractivity contribution < 1.29 is 14.3 Å². The summed E-state index contributed by atoms with van der Waals surface area (Å²) in [6.45, 7) is 3.94. The van der Waals surface area contributed by atoms with Crippen molar-refractivity contribution in [1.29, 1.82) is 0 Å². The van der Waals surface area contributed by atoms with Crippen LogP contribution in [0.4, 0.5) is 5.69 Å². The molecule has 0 spiro atoms. The van der Waals surface area contributed by atoms with Crippen molar-refractivity contribution in [2.75, 3.05) is 11.9 Å². The molecule has 144 valence electrons. The molecule has 2 heterocycles. The lowest BCUT2D eigenvalue weighted by Gasteiger charge is -2.06. The lowest BCUT2D eigenvalue weighted by Crippen LogP contribution is -2.24. The van der Waals surface area contributed by atoms with Gasteiger partial charge in [-0.1, -0.05) is 29.8 Å². The number of anilines is 1.